The zero-order valence-corrected chi connectivity index (χ0v) is 7.71. The molecule has 0 aliphatic heterocycles. The van der Waals surface area contributed by atoms with Crippen LogP contribution in [0.5, 0.6) is 0 Å². The second-order valence-corrected chi connectivity index (χ2v) is 2.91. The van der Waals surface area contributed by atoms with Crippen LogP contribution in [0.15, 0.2) is 11.0 Å². The lowest BCUT2D eigenvalue weighted by Crippen LogP contribution is -2.27. The normalized spacial score (nSPS) is 11.0. The third-order valence-electron chi connectivity index (χ3n) is 1.96. The molecule has 74 valence electrons. The van der Waals surface area contributed by atoms with Gasteiger partial charge < -0.3 is 5.73 Å². The molecule has 2 aromatic rings. The maximum atomic E-state index is 11.7. The summed E-state index contributed by atoms with van der Waals surface area (Å²) >= 11 is 0. The summed E-state index contributed by atoms with van der Waals surface area (Å²) in [5.41, 5.74) is 5.62. The van der Waals surface area contributed by atoms with Crippen LogP contribution in [0.25, 0.3) is 11.0 Å². The van der Waals surface area contributed by atoms with E-state index in [0.717, 1.165) is 0 Å². The van der Waals surface area contributed by atoms with Gasteiger partial charge in [0.25, 0.3) is 5.56 Å². The van der Waals surface area contributed by atoms with Crippen molar-refractivity contribution in [3.8, 4) is 0 Å². The number of rotatable bonds is 2. The fourth-order valence-electron chi connectivity index (χ4n) is 1.25. The summed E-state index contributed by atoms with van der Waals surface area (Å²) in [5, 5.41) is 12.0. The van der Waals surface area contributed by atoms with Crippen LogP contribution >= 0.6 is 0 Å². The summed E-state index contributed by atoms with van der Waals surface area (Å²) in [6.07, 6.45) is 1.49. The highest BCUT2D eigenvalue weighted by Crippen LogP contribution is 2.00. The van der Waals surface area contributed by atoms with Gasteiger partial charge in [-0.25, -0.2) is 9.36 Å². The first-order chi connectivity index (χ1) is 6.74. The molecule has 0 aliphatic rings. The molecule has 2 aromatic heterocycles. The van der Waals surface area contributed by atoms with E-state index in [1.54, 1.807) is 7.05 Å². The maximum absolute atomic E-state index is 11.7. The van der Waals surface area contributed by atoms with E-state index in [4.69, 9.17) is 5.73 Å². The van der Waals surface area contributed by atoms with Crippen LogP contribution < -0.4 is 11.3 Å². The minimum absolute atomic E-state index is 0.200. The van der Waals surface area contributed by atoms with E-state index in [1.165, 1.54) is 15.6 Å². The Morgan fingerprint density at radius 3 is 3.07 bits per heavy atom. The van der Waals surface area contributed by atoms with Gasteiger partial charge in [0.2, 0.25) is 0 Å². The molecule has 7 heteroatoms. The first-order valence-corrected chi connectivity index (χ1v) is 4.19. The van der Waals surface area contributed by atoms with Crippen LogP contribution in [-0.2, 0) is 13.6 Å². The standard InChI is InChI=1S/C7H10N6O/c1-12-6-5(4-9-12)7(14)13(3-2-8)11-10-6/h4H,2-3,8H2,1H3. The minimum Gasteiger partial charge on any atom is -0.329 e. The minimum atomic E-state index is -0.200. The molecule has 0 spiro atoms. The SMILES string of the molecule is Cn1ncc2c(=O)n(CCN)nnc21. The summed E-state index contributed by atoms with van der Waals surface area (Å²) in [6.45, 7) is 0.733. The van der Waals surface area contributed by atoms with Gasteiger partial charge in [0, 0.05) is 13.6 Å². The molecule has 0 amide bonds. The lowest BCUT2D eigenvalue weighted by molar-refractivity contribution is 0.554. The van der Waals surface area contributed by atoms with Crippen molar-refractivity contribution < 1.29 is 0 Å². The number of aryl methyl sites for hydroxylation is 1. The Bertz CT molecular complexity index is 512. The average Bonchev–Trinajstić information content (AvgIpc) is 2.54. The summed E-state index contributed by atoms with van der Waals surface area (Å²) in [4.78, 5) is 11.7. The second kappa shape index (κ2) is 3.18. The average molecular weight is 194 g/mol. The Hall–Kier alpha value is -1.76. The van der Waals surface area contributed by atoms with Crippen molar-refractivity contribution >= 4 is 11.0 Å². The third-order valence-corrected chi connectivity index (χ3v) is 1.96. The predicted molar refractivity (Wildman–Crippen MR) is 49.6 cm³/mol. The van der Waals surface area contributed by atoms with Crippen molar-refractivity contribution in [2.45, 2.75) is 6.54 Å². The third kappa shape index (κ3) is 1.18. The Morgan fingerprint density at radius 1 is 1.57 bits per heavy atom. The van der Waals surface area contributed by atoms with Gasteiger partial charge in [0.05, 0.1) is 12.7 Å². The zero-order valence-electron chi connectivity index (χ0n) is 7.71. The quantitative estimate of drug-likeness (QED) is 0.627. The molecule has 2 N–H and O–H groups in total. The molecule has 7 nitrogen and oxygen atoms in total. The highest BCUT2D eigenvalue weighted by Gasteiger charge is 2.08. The predicted octanol–water partition coefficient (Wildman–Crippen LogP) is -1.52. The molecule has 0 fully saturated rings. The van der Waals surface area contributed by atoms with Gasteiger partial charge in [-0.05, 0) is 0 Å². The van der Waals surface area contributed by atoms with Crippen LogP contribution in [0.3, 0.4) is 0 Å². The van der Waals surface area contributed by atoms with Crippen molar-refractivity contribution in [2.24, 2.45) is 12.8 Å². The van der Waals surface area contributed by atoms with Crippen LogP contribution in [0.1, 0.15) is 0 Å². The van der Waals surface area contributed by atoms with Gasteiger partial charge in [-0.15, -0.1) is 5.10 Å². The van der Waals surface area contributed by atoms with Gasteiger partial charge in [0.1, 0.15) is 5.39 Å². The molecule has 2 rings (SSSR count). The first kappa shape index (κ1) is 8.82. The molecular weight excluding hydrogens is 184 g/mol. The van der Waals surface area contributed by atoms with Crippen molar-refractivity contribution in [2.75, 3.05) is 6.54 Å². The molecule has 14 heavy (non-hydrogen) atoms. The molecule has 0 radical (unpaired) electrons. The van der Waals surface area contributed by atoms with Gasteiger partial charge in [-0.1, -0.05) is 5.21 Å². The monoisotopic (exact) mass is 194 g/mol. The number of hydrogen-bond donors (Lipinski definition) is 1. The second-order valence-electron chi connectivity index (χ2n) is 2.91. The van der Waals surface area contributed by atoms with Gasteiger partial charge in [-0.3, -0.25) is 4.79 Å². The smallest absolute Gasteiger partial charge is 0.280 e. The number of hydrogen-bond acceptors (Lipinski definition) is 5. The summed E-state index contributed by atoms with van der Waals surface area (Å²) in [6, 6.07) is 0. The van der Waals surface area contributed by atoms with Crippen LogP contribution in [-0.4, -0.2) is 31.3 Å². The van der Waals surface area contributed by atoms with E-state index in [2.05, 4.69) is 15.4 Å². The first-order valence-electron chi connectivity index (χ1n) is 4.19. The Morgan fingerprint density at radius 2 is 2.36 bits per heavy atom. The van der Waals surface area contributed by atoms with E-state index >= 15 is 0 Å². The van der Waals surface area contributed by atoms with Crippen molar-refractivity contribution in [1.29, 1.82) is 0 Å². The number of fused-ring (bicyclic) bond motifs is 1. The summed E-state index contributed by atoms with van der Waals surface area (Å²) in [5.74, 6) is 0. The van der Waals surface area contributed by atoms with Crippen molar-refractivity contribution in [3.63, 3.8) is 0 Å². The van der Waals surface area contributed by atoms with E-state index in [-0.39, 0.29) is 5.56 Å². The van der Waals surface area contributed by atoms with Crippen LogP contribution in [0.2, 0.25) is 0 Å². The Labute approximate surface area is 79.1 Å². The molecule has 0 unspecified atom stereocenters. The molecule has 0 aliphatic carbocycles. The fraction of sp³-hybridized carbons (Fsp3) is 0.429. The fourth-order valence-corrected chi connectivity index (χ4v) is 1.25. The highest BCUT2D eigenvalue weighted by atomic mass is 16.1. The van der Waals surface area contributed by atoms with E-state index in [0.29, 0.717) is 24.1 Å². The summed E-state index contributed by atoms with van der Waals surface area (Å²) < 4.78 is 2.75. The Kier molecular flexibility index (Phi) is 2.01. The van der Waals surface area contributed by atoms with Crippen LogP contribution in [0.4, 0.5) is 0 Å². The molecule has 0 saturated heterocycles. The van der Waals surface area contributed by atoms with Crippen LogP contribution in [0, 0.1) is 0 Å². The van der Waals surface area contributed by atoms with Gasteiger partial charge in [0.15, 0.2) is 5.65 Å². The molecule has 0 aromatic carbocycles. The zero-order chi connectivity index (χ0) is 10.1. The van der Waals surface area contributed by atoms with Gasteiger partial charge >= 0.3 is 0 Å². The molecule has 0 saturated carbocycles. The maximum Gasteiger partial charge on any atom is 0.280 e. The van der Waals surface area contributed by atoms with E-state index in [1.807, 2.05) is 0 Å². The number of nitrogens with zero attached hydrogens (tertiary/aromatic N) is 5. The molecule has 0 bridgehead atoms. The lowest BCUT2D eigenvalue weighted by Gasteiger charge is -1.99. The topological polar surface area (TPSA) is 91.6 Å². The van der Waals surface area contributed by atoms with Gasteiger partial charge in [-0.2, -0.15) is 5.10 Å². The largest absolute Gasteiger partial charge is 0.329 e. The summed E-state index contributed by atoms with van der Waals surface area (Å²) in [7, 11) is 1.71. The number of nitrogens with two attached hydrogens (primary N) is 1. The van der Waals surface area contributed by atoms with E-state index in [9.17, 15) is 4.79 Å². The Balaban J connectivity index is 2.70. The van der Waals surface area contributed by atoms with Crippen molar-refractivity contribution in [3.05, 3.63) is 16.6 Å². The molecule has 0 atom stereocenters. The molecule has 2 heterocycles. The van der Waals surface area contributed by atoms with Crippen molar-refractivity contribution in [1.82, 2.24) is 24.8 Å². The highest BCUT2D eigenvalue weighted by molar-refractivity contribution is 5.72. The lowest BCUT2D eigenvalue weighted by atomic mass is 10.4. The number of aromatic nitrogens is 5. The molecular formula is C7H10N6O. The van der Waals surface area contributed by atoms with E-state index < -0.39 is 0 Å².